The number of ketones is 1. The number of ether oxygens (including phenoxy) is 1. The van der Waals surface area contributed by atoms with Crippen molar-refractivity contribution in [2.45, 2.75) is 13.5 Å². The largest absolute Gasteiger partial charge is 0.433 e. The van der Waals surface area contributed by atoms with E-state index >= 15 is 0 Å². The van der Waals surface area contributed by atoms with E-state index < -0.39 is 6.61 Å². The zero-order valence-corrected chi connectivity index (χ0v) is 8.33. The van der Waals surface area contributed by atoms with E-state index in [1.807, 2.05) is 0 Å². The molecule has 0 saturated heterocycles. The van der Waals surface area contributed by atoms with E-state index in [-0.39, 0.29) is 28.3 Å². The highest BCUT2D eigenvalue weighted by Crippen LogP contribution is 2.26. The minimum atomic E-state index is -3.06. The first kappa shape index (κ1) is 11.9. The van der Waals surface area contributed by atoms with E-state index in [4.69, 9.17) is 11.0 Å². The number of nitrogens with zero attached hydrogens (tertiary/aromatic N) is 1. The lowest BCUT2D eigenvalue weighted by Gasteiger charge is -2.09. The Kier molecular flexibility index (Phi) is 3.40. The van der Waals surface area contributed by atoms with Crippen molar-refractivity contribution in [3.8, 4) is 11.8 Å². The molecule has 0 bridgehead atoms. The third-order valence-corrected chi connectivity index (χ3v) is 1.87. The minimum absolute atomic E-state index is 0.0506. The Balaban J connectivity index is 3.30. The molecule has 16 heavy (non-hydrogen) atoms. The number of halogens is 2. The SMILES string of the molecule is CC(=O)c1cc(OC(F)F)c(C#N)cc1N. The van der Waals surface area contributed by atoms with E-state index in [0.717, 1.165) is 12.1 Å². The molecule has 0 amide bonds. The molecule has 0 atom stereocenters. The van der Waals surface area contributed by atoms with Crippen molar-refractivity contribution in [1.29, 1.82) is 5.26 Å². The second-order valence-electron chi connectivity index (χ2n) is 2.98. The van der Waals surface area contributed by atoms with Gasteiger partial charge in [-0.05, 0) is 19.1 Å². The van der Waals surface area contributed by atoms with Crippen molar-refractivity contribution in [1.82, 2.24) is 0 Å². The van der Waals surface area contributed by atoms with Gasteiger partial charge in [-0.1, -0.05) is 0 Å². The maximum atomic E-state index is 12.0. The monoisotopic (exact) mass is 226 g/mol. The van der Waals surface area contributed by atoms with Gasteiger partial charge < -0.3 is 10.5 Å². The van der Waals surface area contributed by atoms with Gasteiger partial charge in [-0.2, -0.15) is 14.0 Å². The molecular weight excluding hydrogens is 218 g/mol. The van der Waals surface area contributed by atoms with Crippen LogP contribution in [-0.4, -0.2) is 12.4 Å². The molecule has 0 aromatic heterocycles. The Morgan fingerprint density at radius 1 is 1.56 bits per heavy atom. The highest BCUT2D eigenvalue weighted by atomic mass is 19.3. The first-order chi connectivity index (χ1) is 7.45. The molecule has 0 aliphatic rings. The number of hydrogen-bond acceptors (Lipinski definition) is 4. The summed E-state index contributed by atoms with van der Waals surface area (Å²) in [6, 6.07) is 3.84. The topological polar surface area (TPSA) is 76.1 Å². The van der Waals surface area contributed by atoms with Gasteiger partial charge in [-0.25, -0.2) is 0 Å². The Labute approximate surface area is 90.2 Å². The van der Waals surface area contributed by atoms with Crippen LogP contribution in [-0.2, 0) is 0 Å². The summed E-state index contributed by atoms with van der Waals surface area (Å²) < 4.78 is 28.2. The average molecular weight is 226 g/mol. The summed E-state index contributed by atoms with van der Waals surface area (Å²) in [5.41, 5.74) is 5.46. The maximum Gasteiger partial charge on any atom is 0.387 e. The summed E-state index contributed by atoms with van der Waals surface area (Å²) in [5, 5.41) is 8.67. The lowest BCUT2D eigenvalue weighted by atomic mass is 10.1. The molecule has 0 fully saturated rings. The highest BCUT2D eigenvalue weighted by molar-refractivity contribution is 5.99. The third kappa shape index (κ3) is 2.45. The lowest BCUT2D eigenvalue weighted by molar-refractivity contribution is -0.0500. The van der Waals surface area contributed by atoms with Crippen LogP contribution in [0.2, 0.25) is 0 Å². The van der Waals surface area contributed by atoms with Crippen molar-refractivity contribution in [2.75, 3.05) is 5.73 Å². The second-order valence-corrected chi connectivity index (χ2v) is 2.98. The highest BCUT2D eigenvalue weighted by Gasteiger charge is 2.15. The van der Waals surface area contributed by atoms with Crippen molar-refractivity contribution in [3.63, 3.8) is 0 Å². The Morgan fingerprint density at radius 3 is 2.62 bits per heavy atom. The molecule has 2 N–H and O–H groups in total. The van der Waals surface area contributed by atoms with Gasteiger partial charge in [-0.15, -0.1) is 0 Å². The molecule has 0 aliphatic heterocycles. The van der Waals surface area contributed by atoms with Gasteiger partial charge in [-0.3, -0.25) is 4.79 Å². The molecule has 4 nitrogen and oxygen atoms in total. The number of benzene rings is 1. The number of alkyl halides is 2. The number of carbonyl (C=O) groups is 1. The van der Waals surface area contributed by atoms with Crippen LogP contribution in [0.4, 0.5) is 14.5 Å². The summed E-state index contributed by atoms with van der Waals surface area (Å²) in [6.07, 6.45) is 0. The van der Waals surface area contributed by atoms with Crippen LogP contribution in [0.3, 0.4) is 0 Å². The fraction of sp³-hybridized carbons (Fsp3) is 0.200. The molecule has 0 unspecified atom stereocenters. The normalized spacial score (nSPS) is 9.94. The van der Waals surface area contributed by atoms with Crippen molar-refractivity contribution in [3.05, 3.63) is 23.3 Å². The number of nitrogens with two attached hydrogens (primary N) is 1. The van der Waals surface area contributed by atoms with E-state index in [1.54, 1.807) is 6.07 Å². The quantitative estimate of drug-likeness (QED) is 0.631. The Morgan fingerprint density at radius 2 is 2.19 bits per heavy atom. The number of anilines is 1. The number of nitriles is 1. The van der Waals surface area contributed by atoms with Gasteiger partial charge in [0, 0.05) is 11.3 Å². The van der Waals surface area contributed by atoms with Crippen LogP contribution in [0.15, 0.2) is 12.1 Å². The smallest absolute Gasteiger partial charge is 0.387 e. The zero-order chi connectivity index (χ0) is 12.3. The molecule has 0 spiro atoms. The number of Topliss-reactive ketones (excluding diaryl/α,β-unsaturated/α-hetero) is 1. The van der Waals surface area contributed by atoms with E-state index in [1.165, 1.54) is 6.92 Å². The first-order valence-electron chi connectivity index (χ1n) is 4.25. The number of nitrogen functional groups attached to an aromatic ring is 1. The third-order valence-electron chi connectivity index (χ3n) is 1.87. The van der Waals surface area contributed by atoms with Crippen LogP contribution in [0.5, 0.6) is 5.75 Å². The van der Waals surface area contributed by atoms with E-state index in [9.17, 15) is 13.6 Å². The van der Waals surface area contributed by atoms with Crippen LogP contribution in [0.25, 0.3) is 0 Å². The van der Waals surface area contributed by atoms with Crippen LogP contribution in [0, 0.1) is 11.3 Å². The lowest BCUT2D eigenvalue weighted by Crippen LogP contribution is -2.07. The van der Waals surface area contributed by atoms with Gasteiger partial charge in [0.05, 0.1) is 5.56 Å². The molecule has 1 aromatic carbocycles. The van der Waals surface area contributed by atoms with Crippen LogP contribution < -0.4 is 10.5 Å². The van der Waals surface area contributed by atoms with E-state index in [0.29, 0.717) is 0 Å². The molecule has 6 heteroatoms. The van der Waals surface area contributed by atoms with Gasteiger partial charge in [0.25, 0.3) is 0 Å². The molecule has 1 rings (SSSR count). The van der Waals surface area contributed by atoms with Crippen LogP contribution in [0.1, 0.15) is 22.8 Å². The summed E-state index contributed by atoms with van der Waals surface area (Å²) in [6.45, 7) is -1.82. The van der Waals surface area contributed by atoms with E-state index in [2.05, 4.69) is 4.74 Å². The summed E-state index contributed by atoms with van der Waals surface area (Å²) >= 11 is 0. The molecule has 1 aromatic rings. The molecule has 0 heterocycles. The van der Waals surface area contributed by atoms with Crippen molar-refractivity contribution < 1.29 is 18.3 Å². The number of hydrogen-bond donors (Lipinski definition) is 1. The van der Waals surface area contributed by atoms with Gasteiger partial charge in [0.1, 0.15) is 11.8 Å². The maximum absolute atomic E-state index is 12.0. The fourth-order valence-corrected chi connectivity index (χ4v) is 1.18. The summed E-state index contributed by atoms with van der Waals surface area (Å²) in [4.78, 5) is 11.1. The van der Waals surface area contributed by atoms with Gasteiger partial charge >= 0.3 is 6.61 Å². The number of rotatable bonds is 3. The Hall–Kier alpha value is -2.16. The predicted molar refractivity (Wildman–Crippen MR) is 52.2 cm³/mol. The molecular formula is C10H8F2N2O2. The number of carbonyl (C=O) groups excluding carboxylic acids is 1. The van der Waals surface area contributed by atoms with Crippen molar-refractivity contribution >= 4 is 11.5 Å². The zero-order valence-electron chi connectivity index (χ0n) is 8.33. The van der Waals surface area contributed by atoms with Gasteiger partial charge in [0.15, 0.2) is 5.78 Å². The second kappa shape index (κ2) is 4.57. The first-order valence-corrected chi connectivity index (χ1v) is 4.25. The van der Waals surface area contributed by atoms with Gasteiger partial charge in [0.2, 0.25) is 0 Å². The van der Waals surface area contributed by atoms with Crippen LogP contribution >= 0.6 is 0 Å². The summed E-state index contributed by atoms with van der Waals surface area (Å²) in [7, 11) is 0. The molecule has 0 aliphatic carbocycles. The average Bonchev–Trinajstić information content (AvgIpc) is 2.18. The standard InChI is InChI=1S/C10H8F2N2O2/c1-5(15)7-3-9(16-10(11)12)6(4-13)2-8(7)14/h2-3,10H,14H2,1H3. The predicted octanol–water partition coefficient (Wildman–Crippen LogP) is 1.94. The molecule has 0 saturated carbocycles. The van der Waals surface area contributed by atoms with Crippen molar-refractivity contribution in [2.24, 2.45) is 0 Å². The molecule has 84 valence electrons. The summed E-state index contributed by atoms with van der Waals surface area (Å²) in [5.74, 6) is -0.738. The Bertz CT molecular complexity index is 467. The fourth-order valence-electron chi connectivity index (χ4n) is 1.18. The minimum Gasteiger partial charge on any atom is -0.433 e. The molecule has 0 radical (unpaired) electrons.